The first-order chi connectivity index (χ1) is 10.5. The third-order valence-corrected chi connectivity index (χ3v) is 5.19. The molecule has 1 unspecified atom stereocenters. The van der Waals surface area contributed by atoms with Crippen molar-refractivity contribution >= 4 is 34.0 Å². The lowest BCUT2D eigenvalue weighted by atomic mass is 10.1. The first-order valence-electron chi connectivity index (χ1n) is 6.79. The van der Waals surface area contributed by atoms with E-state index in [0.717, 1.165) is 24.0 Å². The molecule has 1 saturated carbocycles. The van der Waals surface area contributed by atoms with E-state index >= 15 is 0 Å². The Morgan fingerprint density at radius 2 is 2.18 bits per heavy atom. The topological polar surface area (TPSA) is 54.9 Å². The summed E-state index contributed by atoms with van der Waals surface area (Å²) < 4.78 is 27.2. The van der Waals surface area contributed by atoms with Crippen LogP contribution in [-0.4, -0.2) is 27.3 Å². The van der Waals surface area contributed by atoms with Gasteiger partial charge in [-0.15, -0.1) is 10.2 Å². The van der Waals surface area contributed by atoms with Crippen molar-refractivity contribution in [3.63, 3.8) is 0 Å². The number of hydrogen-bond donors (Lipinski definition) is 1. The lowest BCUT2D eigenvalue weighted by Crippen LogP contribution is -2.15. The van der Waals surface area contributed by atoms with Crippen molar-refractivity contribution in [1.29, 1.82) is 0 Å². The maximum atomic E-state index is 13.6. The number of nitrogens with one attached hydrogen (secondary N) is 1. The van der Waals surface area contributed by atoms with Crippen LogP contribution in [0.1, 0.15) is 30.1 Å². The Morgan fingerprint density at radius 1 is 1.41 bits per heavy atom. The maximum Gasteiger partial charge on any atom is 0.206 e. The molecule has 1 heterocycles. The SMILES string of the molecule is CC(Sc1nnc(NC2CC2)s1)C(=O)c1ccc(F)cc1F. The van der Waals surface area contributed by atoms with Crippen molar-refractivity contribution in [1.82, 2.24) is 10.2 Å². The van der Waals surface area contributed by atoms with Gasteiger partial charge < -0.3 is 5.32 Å². The zero-order valence-electron chi connectivity index (χ0n) is 11.7. The zero-order chi connectivity index (χ0) is 15.7. The fourth-order valence-electron chi connectivity index (χ4n) is 1.83. The maximum absolute atomic E-state index is 13.6. The third kappa shape index (κ3) is 3.61. The van der Waals surface area contributed by atoms with Crippen LogP contribution in [0.25, 0.3) is 0 Å². The third-order valence-electron chi connectivity index (χ3n) is 3.15. The van der Waals surface area contributed by atoms with Crippen molar-refractivity contribution in [3.05, 3.63) is 35.4 Å². The summed E-state index contributed by atoms with van der Waals surface area (Å²) >= 11 is 2.60. The number of rotatable bonds is 6. The molecule has 22 heavy (non-hydrogen) atoms. The van der Waals surface area contributed by atoms with Crippen LogP contribution in [0, 0.1) is 11.6 Å². The Kier molecular flexibility index (Phi) is 4.39. The Balaban J connectivity index is 1.66. The fourth-order valence-corrected chi connectivity index (χ4v) is 3.87. The largest absolute Gasteiger partial charge is 0.357 e. The first-order valence-corrected chi connectivity index (χ1v) is 8.48. The van der Waals surface area contributed by atoms with Gasteiger partial charge in [0, 0.05) is 12.1 Å². The number of hydrogen-bond acceptors (Lipinski definition) is 6. The molecular formula is C14H13F2N3OS2. The van der Waals surface area contributed by atoms with E-state index in [2.05, 4.69) is 15.5 Å². The van der Waals surface area contributed by atoms with E-state index in [1.54, 1.807) is 6.92 Å². The number of carbonyl (C=O) groups excluding carboxylic acids is 1. The minimum absolute atomic E-state index is 0.109. The van der Waals surface area contributed by atoms with Crippen molar-refractivity contribution < 1.29 is 13.6 Å². The number of ketones is 1. The molecule has 1 aliphatic carbocycles. The molecule has 1 aromatic heterocycles. The van der Waals surface area contributed by atoms with Gasteiger partial charge in [0.15, 0.2) is 10.1 Å². The second kappa shape index (κ2) is 6.29. The summed E-state index contributed by atoms with van der Waals surface area (Å²) in [6, 6.07) is 3.45. The number of carbonyl (C=O) groups is 1. The summed E-state index contributed by atoms with van der Waals surface area (Å²) in [5, 5.41) is 11.5. The van der Waals surface area contributed by atoms with Crippen LogP contribution in [0.2, 0.25) is 0 Å². The summed E-state index contributed by atoms with van der Waals surface area (Å²) in [4.78, 5) is 12.2. The lowest BCUT2D eigenvalue weighted by molar-refractivity contribution is 0.0990. The molecule has 0 radical (unpaired) electrons. The zero-order valence-corrected chi connectivity index (χ0v) is 13.3. The Hall–Kier alpha value is -1.54. The van der Waals surface area contributed by atoms with E-state index < -0.39 is 22.7 Å². The van der Waals surface area contributed by atoms with Gasteiger partial charge in [-0.3, -0.25) is 4.79 Å². The summed E-state index contributed by atoms with van der Waals surface area (Å²) in [7, 11) is 0. The molecule has 4 nitrogen and oxygen atoms in total. The number of thioether (sulfide) groups is 1. The molecule has 8 heteroatoms. The quantitative estimate of drug-likeness (QED) is 0.640. The van der Waals surface area contributed by atoms with Crippen LogP contribution in [-0.2, 0) is 0 Å². The molecule has 1 N–H and O–H groups in total. The van der Waals surface area contributed by atoms with Gasteiger partial charge in [-0.1, -0.05) is 23.1 Å². The van der Waals surface area contributed by atoms with Crippen molar-refractivity contribution in [2.45, 2.75) is 35.4 Å². The second-order valence-electron chi connectivity index (χ2n) is 5.04. The van der Waals surface area contributed by atoms with Gasteiger partial charge in [0.2, 0.25) is 5.13 Å². The van der Waals surface area contributed by atoms with Gasteiger partial charge in [-0.25, -0.2) is 8.78 Å². The average Bonchev–Trinajstić information content (AvgIpc) is 3.17. The van der Waals surface area contributed by atoms with E-state index in [-0.39, 0.29) is 5.56 Å². The van der Waals surface area contributed by atoms with Crippen LogP contribution < -0.4 is 5.32 Å². The van der Waals surface area contributed by atoms with Gasteiger partial charge in [-0.2, -0.15) is 0 Å². The van der Waals surface area contributed by atoms with Crippen LogP contribution in [0.3, 0.4) is 0 Å². The smallest absolute Gasteiger partial charge is 0.206 e. The summed E-state index contributed by atoms with van der Waals surface area (Å²) in [5.41, 5.74) is -0.109. The van der Waals surface area contributed by atoms with Crippen LogP contribution in [0.4, 0.5) is 13.9 Å². The highest BCUT2D eigenvalue weighted by Gasteiger charge is 2.24. The van der Waals surface area contributed by atoms with E-state index in [1.807, 2.05) is 0 Å². The van der Waals surface area contributed by atoms with Gasteiger partial charge in [0.1, 0.15) is 11.6 Å². The highest BCUT2D eigenvalue weighted by Crippen LogP contribution is 2.33. The van der Waals surface area contributed by atoms with Crippen molar-refractivity contribution in [3.8, 4) is 0 Å². The van der Waals surface area contributed by atoms with Gasteiger partial charge in [-0.05, 0) is 31.9 Å². The van der Waals surface area contributed by atoms with Crippen molar-refractivity contribution in [2.75, 3.05) is 5.32 Å². The van der Waals surface area contributed by atoms with Gasteiger partial charge >= 0.3 is 0 Å². The summed E-state index contributed by atoms with van der Waals surface area (Å²) in [6.07, 6.45) is 2.28. The number of Topliss-reactive ketones (excluding diaryl/α,β-unsaturated/α-hetero) is 1. The Labute approximate surface area is 134 Å². The molecule has 1 aliphatic rings. The number of halogens is 2. The summed E-state index contributed by atoms with van der Waals surface area (Å²) in [6.45, 7) is 1.67. The highest BCUT2D eigenvalue weighted by atomic mass is 32.2. The summed E-state index contributed by atoms with van der Waals surface area (Å²) in [5.74, 6) is -1.94. The predicted molar refractivity (Wildman–Crippen MR) is 82.6 cm³/mol. The molecule has 0 spiro atoms. The van der Waals surface area contributed by atoms with Crippen LogP contribution in [0.5, 0.6) is 0 Å². The molecule has 3 rings (SSSR count). The Bertz CT molecular complexity index is 703. The number of aromatic nitrogens is 2. The van der Waals surface area contributed by atoms with E-state index in [4.69, 9.17) is 0 Å². The lowest BCUT2D eigenvalue weighted by Gasteiger charge is -2.08. The van der Waals surface area contributed by atoms with Crippen LogP contribution >= 0.6 is 23.1 Å². The average molecular weight is 341 g/mol. The predicted octanol–water partition coefficient (Wildman–Crippen LogP) is 3.75. The van der Waals surface area contributed by atoms with Gasteiger partial charge in [0.25, 0.3) is 0 Å². The molecule has 116 valence electrons. The highest BCUT2D eigenvalue weighted by molar-refractivity contribution is 8.02. The molecule has 0 saturated heterocycles. The molecule has 0 bridgehead atoms. The molecule has 1 fully saturated rings. The van der Waals surface area contributed by atoms with E-state index in [1.165, 1.54) is 29.2 Å². The van der Waals surface area contributed by atoms with Crippen molar-refractivity contribution in [2.24, 2.45) is 0 Å². The van der Waals surface area contributed by atoms with Crippen LogP contribution in [0.15, 0.2) is 22.5 Å². The number of nitrogens with zero attached hydrogens (tertiary/aromatic N) is 2. The first kappa shape index (κ1) is 15.4. The monoisotopic (exact) mass is 341 g/mol. The Morgan fingerprint density at radius 3 is 2.86 bits per heavy atom. The standard InChI is InChI=1S/C14H13F2N3OS2/c1-7(12(20)10-5-2-8(15)6-11(10)16)21-14-19-18-13(22-14)17-9-3-4-9/h2,5-7,9H,3-4H2,1H3,(H,17,18). The fraction of sp³-hybridized carbons (Fsp3) is 0.357. The molecular weight excluding hydrogens is 328 g/mol. The number of benzene rings is 1. The normalized spacial score (nSPS) is 15.6. The van der Waals surface area contributed by atoms with E-state index in [9.17, 15) is 13.6 Å². The number of anilines is 1. The molecule has 0 aliphatic heterocycles. The van der Waals surface area contributed by atoms with E-state index in [0.29, 0.717) is 16.4 Å². The molecule has 0 amide bonds. The molecule has 2 aromatic rings. The minimum atomic E-state index is -0.842. The molecule has 1 atom stereocenters. The second-order valence-corrected chi connectivity index (χ2v) is 7.61. The minimum Gasteiger partial charge on any atom is -0.357 e. The molecule has 1 aromatic carbocycles. The van der Waals surface area contributed by atoms with Gasteiger partial charge in [0.05, 0.1) is 10.8 Å².